The molecule has 1 amide bonds. The van der Waals surface area contributed by atoms with Crippen LogP contribution in [0.25, 0.3) is 0 Å². The first-order valence-corrected chi connectivity index (χ1v) is 7.72. The summed E-state index contributed by atoms with van der Waals surface area (Å²) in [6.07, 6.45) is 5.83. The van der Waals surface area contributed by atoms with Gasteiger partial charge in [0.15, 0.2) is 0 Å². The SMILES string of the molecule is CC1(CN)CCN(C(=O)c2ccc3c(c2)CCCC3)C1.Cl. The number of carbonyl (C=O) groups excluding carboxylic acids is 1. The summed E-state index contributed by atoms with van der Waals surface area (Å²) in [4.78, 5) is 14.6. The minimum Gasteiger partial charge on any atom is -0.338 e. The van der Waals surface area contributed by atoms with E-state index in [1.807, 2.05) is 11.0 Å². The summed E-state index contributed by atoms with van der Waals surface area (Å²) >= 11 is 0. The maximum absolute atomic E-state index is 12.6. The van der Waals surface area contributed by atoms with Crippen LogP contribution in [-0.4, -0.2) is 30.4 Å². The van der Waals surface area contributed by atoms with E-state index in [2.05, 4.69) is 19.1 Å². The molecule has 1 fully saturated rings. The molecule has 0 radical (unpaired) electrons. The Morgan fingerprint density at radius 2 is 2.00 bits per heavy atom. The van der Waals surface area contributed by atoms with Crippen molar-refractivity contribution in [3.63, 3.8) is 0 Å². The molecule has 0 aromatic heterocycles. The number of fused-ring (bicyclic) bond motifs is 1. The maximum atomic E-state index is 12.6. The normalized spacial score (nSPS) is 24.4. The fraction of sp³-hybridized carbons (Fsp3) is 0.588. The molecule has 1 aliphatic heterocycles. The van der Waals surface area contributed by atoms with Gasteiger partial charge in [0, 0.05) is 18.7 Å². The number of aryl methyl sites for hydroxylation is 2. The molecule has 0 spiro atoms. The number of nitrogens with zero attached hydrogens (tertiary/aromatic N) is 1. The van der Waals surface area contributed by atoms with E-state index >= 15 is 0 Å². The maximum Gasteiger partial charge on any atom is 0.253 e. The van der Waals surface area contributed by atoms with Crippen molar-refractivity contribution < 1.29 is 4.79 Å². The molecule has 1 saturated heterocycles. The molecule has 0 saturated carbocycles. The van der Waals surface area contributed by atoms with E-state index in [1.165, 1.54) is 30.4 Å². The number of rotatable bonds is 2. The van der Waals surface area contributed by atoms with Gasteiger partial charge < -0.3 is 10.6 Å². The molecule has 3 nitrogen and oxygen atoms in total. The highest BCUT2D eigenvalue weighted by atomic mass is 35.5. The standard InChI is InChI=1S/C17H24N2O.ClH/c1-17(11-18)8-9-19(12-17)16(20)15-7-6-13-4-2-3-5-14(13)10-15;/h6-7,10H,2-5,8-9,11-12,18H2,1H3;1H. The Morgan fingerprint density at radius 3 is 2.67 bits per heavy atom. The van der Waals surface area contributed by atoms with Gasteiger partial charge in [-0.2, -0.15) is 0 Å². The van der Waals surface area contributed by atoms with Crippen molar-refractivity contribution in [2.75, 3.05) is 19.6 Å². The molecule has 1 heterocycles. The fourth-order valence-corrected chi connectivity index (χ4v) is 3.41. The number of hydrogen-bond acceptors (Lipinski definition) is 2. The Labute approximate surface area is 133 Å². The van der Waals surface area contributed by atoms with Crippen LogP contribution in [0.15, 0.2) is 18.2 Å². The average Bonchev–Trinajstić information content (AvgIpc) is 2.89. The molecule has 1 aromatic carbocycles. The van der Waals surface area contributed by atoms with Crippen LogP contribution in [0.1, 0.15) is 47.7 Å². The fourth-order valence-electron chi connectivity index (χ4n) is 3.41. The first-order valence-electron chi connectivity index (χ1n) is 7.72. The minimum atomic E-state index is 0. The second-order valence-electron chi connectivity index (χ2n) is 6.68. The lowest BCUT2D eigenvalue weighted by molar-refractivity contribution is 0.0776. The molecule has 0 bridgehead atoms. The van der Waals surface area contributed by atoms with Gasteiger partial charge in [-0.05, 0) is 67.3 Å². The van der Waals surface area contributed by atoms with E-state index in [0.717, 1.165) is 31.5 Å². The topological polar surface area (TPSA) is 46.3 Å². The smallest absolute Gasteiger partial charge is 0.253 e. The van der Waals surface area contributed by atoms with Crippen LogP contribution in [-0.2, 0) is 12.8 Å². The Hall–Kier alpha value is -1.06. The van der Waals surface area contributed by atoms with E-state index in [1.54, 1.807) is 0 Å². The number of amides is 1. The van der Waals surface area contributed by atoms with Crippen molar-refractivity contribution in [3.8, 4) is 0 Å². The van der Waals surface area contributed by atoms with Gasteiger partial charge in [0.2, 0.25) is 0 Å². The van der Waals surface area contributed by atoms with Crippen molar-refractivity contribution in [1.82, 2.24) is 4.90 Å². The van der Waals surface area contributed by atoms with Crippen LogP contribution in [0.5, 0.6) is 0 Å². The molecule has 1 unspecified atom stereocenters. The van der Waals surface area contributed by atoms with Gasteiger partial charge >= 0.3 is 0 Å². The Morgan fingerprint density at radius 1 is 1.29 bits per heavy atom. The minimum absolute atomic E-state index is 0. The highest BCUT2D eigenvalue weighted by Crippen LogP contribution is 2.30. The van der Waals surface area contributed by atoms with Gasteiger partial charge in [-0.25, -0.2) is 0 Å². The van der Waals surface area contributed by atoms with Crippen molar-refractivity contribution >= 4 is 18.3 Å². The summed E-state index contributed by atoms with van der Waals surface area (Å²) in [6, 6.07) is 6.28. The number of carbonyl (C=O) groups is 1. The Bertz CT molecular complexity index is 532. The summed E-state index contributed by atoms with van der Waals surface area (Å²) in [7, 11) is 0. The van der Waals surface area contributed by atoms with Gasteiger partial charge in [0.05, 0.1) is 0 Å². The average molecular weight is 309 g/mol. The second-order valence-corrected chi connectivity index (χ2v) is 6.68. The first-order chi connectivity index (χ1) is 9.61. The van der Waals surface area contributed by atoms with Crippen LogP contribution >= 0.6 is 12.4 Å². The van der Waals surface area contributed by atoms with Crippen LogP contribution < -0.4 is 5.73 Å². The van der Waals surface area contributed by atoms with E-state index in [-0.39, 0.29) is 23.7 Å². The third kappa shape index (κ3) is 3.24. The number of nitrogens with two attached hydrogens (primary N) is 1. The monoisotopic (exact) mass is 308 g/mol. The molecule has 1 aromatic rings. The summed E-state index contributed by atoms with van der Waals surface area (Å²) in [6.45, 7) is 4.46. The largest absolute Gasteiger partial charge is 0.338 e. The third-order valence-corrected chi connectivity index (χ3v) is 4.93. The van der Waals surface area contributed by atoms with Gasteiger partial charge in [-0.1, -0.05) is 13.0 Å². The van der Waals surface area contributed by atoms with Gasteiger partial charge in [-0.15, -0.1) is 12.4 Å². The Balaban J connectivity index is 0.00000161. The quantitative estimate of drug-likeness (QED) is 0.913. The van der Waals surface area contributed by atoms with Crippen LogP contribution in [0.4, 0.5) is 0 Å². The van der Waals surface area contributed by atoms with Gasteiger partial charge in [0.1, 0.15) is 0 Å². The molecular weight excluding hydrogens is 284 g/mol. The molecule has 1 atom stereocenters. The Kier molecular flexibility index (Phi) is 4.95. The summed E-state index contributed by atoms with van der Waals surface area (Å²) in [5.41, 5.74) is 9.59. The van der Waals surface area contributed by atoms with E-state index < -0.39 is 0 Å². The van der Waals surface area contributed by atoms with Crippen LogP contribution in [0.2, 0.25) is 0 Å². The predicted octanol–water partition coefficient (Wildman–Crippen LogP) is 2.80. The van der Waals surface area contributed by atoms with Crippen LogP contribution in [0, 0.1) is 5.41 Å². The number of halogens is 1. The number of hydrogen-bond donors (Lipinski definition) is 1. The molecule has 4 heteroatoms. The molecule has 2 aliphatic rings. The first kappa shape index (κ1) is 16.3. The lowest BCUT2D eigenvalue weighted by Gasteiger charge is -2.23. The summed E-state index contributed by atoms with van der Waals surface area (Å²) in [5, 5.41) is 0. The summed E-state index contributed by atoms with van der Waals surface area (Å²) in [5.74, 6) is 0.176. The van der Waals surface area contributed by atoms with Gasteiger partial charge in [-0.3, -0.25) is 4.79 Å². The van der Waals surface area contributed by atoms with Crippen molar-refractivity contribution in [1.29, 1.82) is 0 Å². The van der Waals surface area contributed by atoms with Crippen molar-refractivity contribution in [3.05, 3.63) is 34.9 Å². The van der Waals surface area contributed by atoms with Crippen molar-refractivity contribution in [2.45, 2.75) is 39.0 Å². The molecule has 2 N–H and O–H groups in total. The van der Waals surface area contributed by atoms with Crippen molar-refractivity contribution in [2.24, 2.45) is 11.1 Å². The molecule has 21 heavy (non-hydrogen) atoms. The van der Waals surface area contributed by atoms with Gasteiger partial charge in [0.25, 0.3) is 5.91 Å². The highest BCUT2D eigenvalue weighted by Gasteiger charge is 2.35. The van der Waals surface area contributed by atoms with E-state index in [9.17, 15) is 4.79 Å². The second kappa shape index (κ2) is 6.37. The molecule has 1 aliphatic carbocycles. The summed E-state index contributed by atoms with van der Waals surface area (Å²) < 4.78 is 0. The predicted molar refractivity (Wildman–Crippen MR) is 88.0 cm³/mol. The van der Waals surface area contributed by atoms with E-state index in [0.29, 0.717) is 6.54 Å². The number of benzene rings is 1. The lowest BCUT2D eigenvalue weighted by Crippen LogP contribution is -2.34. The third-order valence-electron chi connectivity index (χ3n) is 4.93. The zero-order valence-corrected chi connectivity index (χ0v) is 13.5. The zero-order valence-electron chi connectivity index (χ0n) is 12.7. The molecular formula is C17H25ClN2O. The molecule has 116 valence electrons. The number of likely N-dealkylation sites (tertiary alicyclic amines) is 1. The van der Waals surface area contributed by atoms with E-state index in [4.69, 9.17) is 5.73 Å². The van der Waals surface area contributed by atoms with Crippen LogP contribution in [0.3, 0.4) is 0 Å². The highest BCUT2D eigenvalue weighted by molar-refractivity contribution is 5.94. The molecule has 3 rings (SSSR count). The zero-order chi connectivity index (χ0) is 14.2. The lowest BCUT2D eigenvalue weighted by atomic mass is 9.90.